The van der Waals surface area contributed by atoms with Gasteiger partial charge in [-0.05, 0) is 25.0 Å². The first-order valence-electron chi connectivity index (χ1n) is 5.82. The Bertz CT molecular complexity index is 445. The lowest BCUT2D eigenvalue weighted by atomic mass is 10.4. The van der Waals surface area contributed by atoms with E-state index >= 15 is 0 Å². The van der Waals surface area contributed by atoms with Gasteiger partial charge in [0.2, 0.25) is 10.0 Å². The van der Waals surface area contributed by atoms with Gasteiger partial charge in [-0.1, -0.05) is 22.9 Å². The molecule has 0 atom stereocenters. The molecule has 4 nitrogen and oxygen atoms in total. The van der Waals surface area contributed by atoms with Gasteiger partial charge in [0.15, 0.2) is 0 Å². The highest BCUT2D eigenvalue weighted by Crippen LogP contribution is 2.21. The summed E-state index contributed by atoms with van der Waals surface area (Å²) in [5.74, 6) is 0. The van der Waals surface area contributed by atoms with E-state index in [1.807, 2.05) is 13.0 Å². The van der Waals surface area contributed by atoms with Gasteiger partial charge in [-0.2, -0.15) is 0 Å². The molecule has 0 radical (unpaired) electrons. The van der Waals surface area contributed by atoms with Gasteiger partial charge in [0.25, 0.3) is 0 Å². The Labute approximate surface area is 121 Å². The Morgan fingerprint density at radius 2 is 2.17 bits per heavy atom. The highest BCUT2D eigenvalue weighted by Gasteiger charge is 2.15. The molecule has 0 saturated carbocycles. The zero-order valence-electron chi connectivity index (χ0n) is 10.3. The van der Waals surface area contributed by atoms with Gasteiger partial charge in [0, 0.05) is 23.4 Å². The number of hydrogen-bond acceptors (Lipinski definition) is 4. The van der Waals surface area contributed by atoms with Crippen LogP contribution in [0.25, 0.3) is 0 Å². The van der Waals surface area contributed by atoms with Crippen LogP contribution in [0, 0.1) is 0 Å². The largest absolute Gasteiger partial charge is 0.381 e. The molecule has 0 saturated heterocycles. The predicted octanol–water partition coefficient (Wildman–Crippen LogP) is 2.39. The normalized spacial score (nSPS) is 11.9. The summed E-state index contributed by atoms with van der Waals surface area (Å²) in [6, 6.07) is 3.52. The summed E-state index contributed by atoms with van der Waals surface area (Å²) >= 11 is 4.58. The van der Waals surface area contributed by atoms with Crippen molar-refractivity contribution in [1.29, 1.82) is 0 Å². The average molecular weight is 356 g/mol. The van der Waals surface area contributed by atoms with E-state index in [1.165, 1.54) is 11.3 Å². The minimum absolute atomic E-state index is 0.390. The van der Waals surface area contributed by atoms with E-state index in [4.69, 9.17) is 4.74 Å². The van der Waals surface area contributed by atoms with E-state index in [0.29, 0.717) is 30.4 Å². The van der Waals surface area contributed by atoms with Crippen LogP contribution in [0.1, 0.15) is 18.2 Å². The Balaban J connectivity index is 2.36. The molecule has 1 rings (SSSR count). The van der Waals surface area contributed by atoms with Crippen molar-refractivity contribution >= 4 is 37.3 Å². The van der Waals surface area contributed by atoms with Crippen molar-refractivity contribution in [3.05, 3.63) is 17.0 Å². The van der Waals surface area contributed by atoms with Crippen molar-refractivity contribution in [1.82, 2.24) is 4.72 Å². The molecule has 1 aromatic heterocycles. The maximum absolute atomic E-state index is 11.9. The van der Waals surface area contributed by atoms with E-state index in [-0.39, 0.29) is 0 Å². The second-order valence-corrected chi connectivity index (χ2v) is 7.58. The number of thiophene rings is 1. The monoisotopic (exact) mass is 355 g/mol. The van der Waals surface area contributed by atoms with Crippen LogP contribution >= 0.6 is 27.3 Å². The van der Waals surface area contributed by atoms with Crippen molar-refractivity contribution in [2.45, 2.75) is 24.0 Å². The van der Waals surface area contributed by atoms with Crippen molar-refractivity contribution in [3.63, 3.8) is 0 Å². The van der Waals surface area contributed by atoms with Crippen LogP contribution < -0.4 is 4.72 Å². The number of alkyl halides is 1. The molecule has 1 aromatic rings. The Hall–Kier alpha value is 0.0500. The molecular weight excluding hydrogens is 338 g/mol. The van der Waals surface area contributed by atoms with Crippen molar-refractivity contribution in [3.8, 4) is 0 Å². The van der Waals surface area contributed by atoms with E-state index < -0.39 is 10.0 Å². The fourth-order valence-electron chi connectivity index (χ4n) is 1.30. The van der Waals surface area contributed by atoms with Gasteiger partial charge >= 0.3 is 0 Å². The summed E-state index contributed by atoms with van der Waals surface area (Å²) in [7, 11) is -3.34. The Morgan fingerprint density at radius 3 is 2.78 bits per heavy atom. The van der Waals surface area contributed by atoms with Gasteiger partial charge in [0.1, 0.15) is 4.21 Å². The zero-order chi connectivity index (χ0) is 13.4. The maximum atomic E-state index is 11.9. The van der Waals surface area contributed by atoms with E-state index in [0.717, 1.165) is 16.6 Å². The van der Waals surface area contributed by atoms with Crippen LogP contribution in [-0.4, -0.2) is 33.5 Å². The summed E-state index contributed by atoms with van der Waals surface area (Å²) < 4.78 is 32.0. The first kappa shape index (κ1) is 16.1. The number of aryl methyl sites for hydroxylation is 1. The van der Waals surface area contributed by atoms with Crippen LogP contribution in [0.15, 0.2) is 16.3 Å². The molecule has 0 fully saturated rings. The second-order valence-electron chi connectivity index (χ2n) is 3.63. The number of halogens is 1. The SMILES string of the molecule is CCc1ccc(S(=O)(=O)NCCCOCCBr)s1. The molecule has 18 heavy (non-hydrogen) atoms. The molecule has 0 unspecified atom stereocenters. The summed E-state index contributed by atoms with van der Waals surface area (Å²) in [5, 5.41) is 0.799. The number of ether oxygens (including phenoxy) is 1. The lowest BCUT2D eigenvalue weighted by Crippen LogP contribution is -2.24. The number of nitrogens with one attached hydrogen (secondary N) is 1. The minimum atomic E-state index is -3.34. The first-order chi connectivity index (χ1) is 8.60. The van der Waals surface area contributed by atoms with Crippen LogP contribution in [-0.2, 0) is 21.2 Å². The van der Waals surface area contributed by atoms with E-state index in [2.05, 4.69) is 20.7 Å². The number of hydrogen-bond donors (Lipinski definition) is 1. The molecule has 1 N–H and O–H groups in total. The van der Waals surface area contributed by atoms with E-state index in [1.54, 1.807) is 6.07 Å². The van der Waals surface area contributed by atoms with Crippen LogP contribution in [0.2, 0.25) is 0 Å². The summed E-state index contributed by atoms with van der Waals surface area (Å²) in [6.07, 6.45) is 1.54. The lowest BCUT2D eigenvalue weighted by molar-refractivity contribution is 0.149. The van der Waals surface area contributed by atoms with Gasteiger partial charge < -0.3 is 4.74 Å². The maximum Gasteiger partial charge on any atom is 0.250 e. The molecule has 0 spiro atoms. The van der Waals surface area contributed by atoms with Gasteiger partial charge in [0.05, 0.1) is 6.61 Å². The lowest BCUT2D eigenvalue weighted by Gasteiger charge is -2.05. The van der Waals surface area contributed by atoms with Gasteiger partial charge in [-0.15, -0.1) is 11.3 Å². The first-order valence-corrected chi connectivity index (χ1v) is 9.24. The highest BCUT2D eigenvalue weighted by atomic mass is 79.9. The predicted molar refractivity (Wildman–Crippen MR) is 78.1 cm³/mol. The van der Waals surface area contributed by atoms with Crippen LogP contribution in [0.4, 0.5) is 0 Å². The molecule has 1 heterocycles. The summed E-state index contributed by atoms with van der Waals surface area (Å²) in [5.41, 5.74) is 0. The molecular formula is C11H18BrNO3S2. The molecule has 0 bridgehead atoms. The second kappa shape index (κ2) is 8.27. The Kier molecular flexibility index (Phi) is 7.40. The average Bonchev–Trinajstić information content (AvgIpc) is 2.83. The highest BCUT2D eigenvalue weighted by molar-refractivity contribution is 9.09. The van der Waals surface area contributed by atoms with Crippen molar-refractivity contribution in [2.24, 2.45) is 0 Å². The number of rotatable bonds is 9. The topological polar surface area (TPSA) is 55.4 Å². The molecule has 104 valence electrons. The van der Waals surface area contributed by atoms with Crippen LogP contribution in [0.3, 0.4) is 0 Å². The third kappa shape index (κ3) is 5.36. The standard InChI is InChI=1S/C11H18BrNO3S2/c1-2-10-4-5-11(17-10)18(14,15)13-7-3-8-16-9-6-12/h4-5,13H,2-3,6-9H2,1H3. The summed E-state index contributed by atoms with van der Waals surface area (Å²) in [4.78, 5) is 1.08. The number of sulfonamides is 1. The quantitative estimate of drug-likeness (QED) is 0.546. The fourth-order valence-corrected chi connectivity index (χ4v) is 3.94. The Morgan fingerprint density at radius 1 is 1.39 bits per heavy atom. The van der Waals surface area contributed by atoms with E-state index in [9.17, 15) is 8.42 Å². The third-order valence-electron chi connectivity index (χ3n) is 2.23. The van der Waals surface area contributed by atoms with Crippen molar-refractivity contribution in [2.75, 3.05) is 25.1 Å². The molecule has 0 aliphatic heterocycles. The smallest absolute Gasteiger partial charge is 0.250 e. The van der Waals surface area contributed by atoms with Gasteiger partial charge in [-0.3, -0.25) is 0 Å². The van der Waals surface area contributed by atoms with Crippen molar-refractivity contribution < 1.29 is 13.2 Å². The third-order valence-corrected chi connectivity index (χ3v) is 5.74. The summed E-state index contributed by atoms with van der Waals surface area (Å²) in [6.45, 7) is 3.64. The molecule has 0 aliphatic rings. The molecule has 0 aliphatic carbocycles. The van der Waals surface area contributed by atoms with Crippen LogP contribution in [0.5, 0.6) is 0 Å². The van der Waals surface area contributed by atoms with Gasteiger partial charge in [-0.25, -0.2) is 13.1 Å². The molecule has 7 heteroatoms. The fraction of sp³-hybridized carbons (Fsp3) is 0.636. The minimum Gasteiger partial charge on any atom is -0.381 e. The molecule has 0 aromatic carbocycles. The molecule has 0 amide bonds. The zero-order valence-corrected chi connectivity index (χ0v) is 13.5.